The second kappa shape index (κ2) is 7.61. The molecule has 0 saturated carbocycles. The predicted molar refractivity (Wildman–Crippen MR) is 99.9 cm³/mol. The number of carbonyl (C=O) groups is 1. The third-order valence-corrected chi connectivity index (χ3v) is 4.91. The zero-order chi connectivity index (χ0) is 20.5. The minimum Gasteiger partial charge on any atom is -0.494 e. The van der Waals surface area contributed by atoms with Gasteiger partial charge in [-0.05, 0) is 24.6 Å². The second-order valence-corrected chi connectivity index (χ2v) is 7.24. The van der Waals surface area contributed by atoms with Crippen molar-refractivity contribution >= 4 is 5.91 Å². The Hall–Kier alpha value is -3.30. The Labute approximate surface area is 166 Å². The topological polar surface area (TPSA) is 99.2 Å². The highest BCUT2D eigenvalue weighted by molar-refractivity contribution is 5.94. The van der Waals surface area contributed by atoms with E-state index >= 15 is 0 Å². The molecule has 1 unspecified atom stereocenters. The van der Waals surface area contributed by atoms with Gasteiger partial charge in [0.25, 0.3) is 11.8 Å². The molecule has 0 aliphatic carbocycles. The summed E-state index contributed by atoms with van der Waals surface area (Å²) in [5.41, 5.74) is 0.779. The maximum absolute atomic E-state index is 13.9. The van der Waals surface area contributed by atoms with E-state index in [1.807, 2.05) is 13.8 Å². The second-order valence-electron chi connectivity index (χ2n) is 7.24. The van der Waals surface area contributed by atoms with Crippen LogP contribution in [-0.4, -0.2) is 56.1 Å². The highest BCUT2D eigenvalue weighted by atomic mass is 19.1. The monoisotopic (exact) mass is 400 g/mol. The normalized spacial score (nSPS) is 16.6. The zero-order valence-corrected chi connectivity index (χ0v) is 16.4. The van der Waals surface area contributed by atoms with E-state index in [9.17, 15) is 9.18 Å². The Morgan fingerprint density at radius 1 is 1.38 bits per heavy atom. The van der Waals surface area contributed by atoms with Crippen molar-refractivity contribution in [2.24, 2.45) is 0 Å². The Bertz CT molecular complexity index is 1030. The lowest BCUT2D eigenvalue weighted by Crippen LogP contribution is -2.29. The number of amides is 1. The first-order valence-corrected chi connectivity index (χ1v) is 9.35. The molecule has 0 radical (unpaired) electrons. The summed E-state index contributed by atoms with van der Waals surface area (Å²) in [6.07, 6.45) is 2.46. The quantitative estimate of drug-likeness (QED) is 0.649. The lowest BCUT2D eigenvalue weighted by molar-refractivity contribution is 0.0786. The molecule has 0 N–H and O–H groups in total. The number of ether oxygens (including phenoxy) is 1. The van der Waals surface area contributed by atoms with E-state index in [0.717, 1.165) is 0 Å². The van der Waals surface area contributed by atoms with E-state index < -0.39 is 5.82 Å². The van der Waals surface area contributed by atoms with Gasteiger partial charge in [-0.3, -0.25) is 4.79 Å². The first-order valence-electron chi connectivity index (χ1n) is 9.35. The summed E-state index contributed by atoms with van der Waals surface area (Å²) in [6.45, 7) is 4.95. The van der Waals surface area contributed by atoms with Crippen LogP contribution < -0.4 is 4.74 Å². The van der Waals surface area contributed by atoms with Crippen LogP contribution in [0.3, 0.4) is 0 Å². The van der Waals surface area contributed by atoms with Gasteiger partial charge in [-0.2, -0.15) is 4.98 Å². The van der Waals surface area contributed by atoms with E-state index in [1.165, 1.54) is 19.2 Å². The molecule has 0 spiro atoms. The number of hydrogen-bond donors (Lipinski definition) is 0. The van der Waals surface area contributed by atoms with Crippen LogP contribution in [0.5, 0.6) is 5.75 Å². The number of carbonyl (C=O) groups excluding carboxylic acids is 1. The fourth-order valence-electron chi connectivity index (χ4n) is 3.25. The number of methoxy groups -OCH3 is 1. The molecule has 152 valence electrons. The van der Waals surface area contributed by atoms with Crippen LogP contribution in [0.1, 0.15) is 48.4 Å². The molecule has 1 saturated heterocycles. The average Bonchev–Trinajstić information content (AvgIpc) is 3.46. The molecule has 1 atom stereocenters. The van der Waals surface area contributed by atoms with Crippen LogP contribution in [0.15, 0.2) is 28.9 Å². The maximum atomic E-state index is 13.9. The molecular weight excluding hydrogens is 379 g/mol. The summed E-state index contributed by atoms with van der Waals surface area (Å²) in [7, 11) is 1.38. The standard InChI is InChI=1S/C19H21FN6O3/c1-11(2)17-21-18(29-23-17)15-10-26(24-22-15)13-6-7-25(9-13)19(27)12-4-5-16(28-3)14(20)8-12/h4-5,8,10-11,13H,6-7,9H2,1-3H3. The van der Waals surface area contributed by atoms with Crippen LogP contribution in [0, 0.1) is 5.82 Å². The van der Waals surface area contributed by atoms with Gasteiger partial charge >= 0.3 is 0 Å². The summed E-state index contributed by atoms with van der Waals surface area (Å²) in [6, 6.07) is 4.18. The van der Waals surface area contributed by atoms with Crippen molar-refractivity contribution in [2.75, 3.05) is 20.2 Å². The van der Waals surface area contributed by atoms with E-state index in [4.69, 9.17) is 9.26 Å². The van der Waals surface area contributed by atoms with Gasteiger partial charge in [-0.25, -0.2) is 9.07 Å². The summed E-state index contributed by atoms with van der Waals surface area (Å²) in [4.78, 5) is 18.7. The van der Waals surface area contributed by atoms with Crippen LogP contribution in [-0.2, 0) is 0 Å². The number of likely N-dealkylation sites (tertiary alicyclic amines) is 1. The van der Waals surface area contributed by atoms with Crippen LogP contribution in [0.25, 0.3) is 11.6 Å². The SMILES string of the molecule is COc1ccc(C(=O)N2CCC(n3cc(-c4nc(C(C)C)no4)nn3)C2)cc1F. The van der Waals surface area contributed by atoms with Crippen molar-refractivity contribution in [3.8, 4) is 17.3 Å². The molecule has 1 fully saturated rings. The molecule has 1 aliphatic heterocycles. The van der Waals surface area contributed by atoms with Crippen molar-refractivity contribution < 1.29 is 18.4 Å². The van der Waals surface area contributed by atoms with Crippen molar-refractivity contribution in [2.45, 2.75) is 32.2 Å². The third kappa shape index (κ3) is 3.69. The molecular formula is C19H21FN6O3. The van der Waals surface area contributed by atoms with E-state index in [-0.39, 0.29) is 29.2 Å². The van der Waals surface area contributed by atoms with E-state index in [0.29, 0.717) is 36.9 Å². The van der Waals surface area contributed by atoms with Gasteiger partial charge in [0.05, 0.1) is 19.3 Å². The average molecular weight is 400 g/mol. The molecule has 0 bridgehead atoms. The van der Waals surface area contributed by atoms with Crippen molar-refractivity contribution in [3.05, 3.63) is 41.6 Å². The molecule has 29 heavy (non-hydrogen) atoms. The molecule has 3 heterocycles. The van der Waals surface area contributed by atoms with Gasteiger partial charge in [0.15, 0.2) is 23.1 Å². The Morgan fingerprint density at radius 2 is 2.21 bits per heavy atom. The van der Waals surface area contributed by atoms with Gasteiger partial charge in [0.1, 0.15) is 0 Å². The number of aromatic nitrogens is 5. The smallest absolute Gasteiger partial charge is 0.280 e. The van der Waals surface area contributed by atoms with Crippen LogP contribution in [0.4, 0.5) is 4.39 Å². The van der Waals surface area contributed by atoms with E-state index in [2.05, 4.69) is 20.5 Å². The van der Waals surface area contributed by atoms with E-state index in [1.54, 1.807) is 21.8 Å². The molecule has 1 amide bonds. The fourth-order valence-corrected chi connectivity index (χ4v) is 3.25. The summed E-state index contributed by atoms with van der Waals surface area (Å²) in [5, 5.41) is 12.2. The van der Waals surface area contributed by atoms with Crippen LogP contribution in [0.2, 0.25) is 0 Å². The number of hydrogen-bond acceptors (Lipinski definition) is 7. The summed E-state index contributed by atoms with van der Waals surface area (Å²) < 4.78 is 25.8. The fraction of sp³-hybridized carbons (Fsp3) is 0.421. The van der Waals surface area contributed by atoms with Crippen LogP contribution >= 0.6 is 0 Å². The lowest BCUT2D eigenvalue weighted by Gasteiger charge is -2.17. The number of benzene rings is 1. The summed E-state index contributed by atoms with van der Waals surface area (Å²) >= 11 is 0. The van der Waals surface area contributed by atoms with Crippen molar-refractivity contribution in [1.29, 1.82) is 0 Å². The van der Waals surface area contributed by atoms with Gasteiger partial charge in [0.2, 0.25) is 0 Å². The first-order chi connectivity index (χ1) is 14.0. The van der Waals surface area contributed by atoms with Crippen molar-refractivity contribution in [3.63, 3.8) is 0 Å². The minimum atomic E-state index is -0.560. The van der Waals surface area contributed by atoms with Gasteiger partial charge in [0, 0.05) is 24.6 Å². The third-order valence-electron chi connectivity index (χ3n) is 4.91. The number of halogens is 1. The highest BCUT2D eigenvalue weighted by Crippen LogP contribution is 2.26. The minimum absolute atomic E-state index is 0.0317. The van der Waals surface area contributed by atoms with Crippen molar-refractivity contribution in [1.82, 2.24) is 30.0 Å². The summed E-state index contributed by atoms with van der Waals surface area (Å²) in [5.74, 6) is 0.402. The predicted octanol–water partition coefficient (Wildman–Crippen LogP) is 2.69. The largest absolute Gasteiger partial charge is 0.494 e. The Kier molecular flexibility index (Phi) is 4.99. The first kappa shape index (κ1) is 19.0. The molecule has 9 nitrogen and oxygen atoms in total. The highest BCUT2D eigenvalue weighted by Gasteiger charge is 2.30. The molecule has 4 rings (SSSR count). The van der Waals surface area contributed by atoms with Gasteiger partial charge in [-0.15, -0.1) is 5.10 Å². The van der Waals surface area contributed by atoms with Gasteiger partial charge in [-0.1, -0.05) is 24.2 Å². The molecule has 1 aromatic carbocycles. The number of nitrogens with zero attached hydrogens (tertiary/aromatic N) is 6. The lowest BCUT2D eigenvalue weighted by atomic mass is 10.2. The molecule has 3 aromatic rings. The zero-order valence-electron chi connectivity index (χ0n) is 16.4. The molecule has 10 heteroatoms. The molecule has 2 aromatic heterocycles. The molecule has 1 aliphatic rings. The number of rotatable bonds is 5. The Balaban J connectivity index is 1.45. The Morgan fingerprint density at radius 3 is 2.90 bits per heavy atom. The maximum Gasteiger partial charge on any atom is 0.280 e. The van der Waals surface area contributed by atoms with Gasteiger partial charge < -0.3 is 14.2 Å².